The lowest BCUT2D eigenvalue weighted by molar-refractivity contribution is -0.122. The van der Waals surface area contributed by atoms with Crippen LogP contribution in [-0.4, -0.2) is 44.7 Å². The highest BCUT2D eigenvalue weighted by Gasteiger charge is 2.28. The highest BCUT2D eigenvalue weighted by Crippen LogP contribution is 2.18. The Hall–Kier alpha value is -1.73. The van der Waals surface area contributed by atoms with Crippen LogP contribution in [0.3, 0.4) is 0 Å². The van der Waals surface area contributed by atoms with Crippen molar-refractivity contribution < 1.29 is 4.79 Å². The van der Waals surface area contributed by atoms with Gasteiger partial charge in [-0.3, -0.25) is 15.0 Å². The molecule has 1 unspecified atom stereocenters. The normalized spacial score (nSPS) is 18.2. The third kappa shape index (κ3) is 4.89. The first kappa shape index (κ1) is 18.1. The van der Waals surface area contributed by atoms with Crippen LogP contribution in [0.2, 0.25) is 0 Å². The number of piperidine rings is 1. The molecule has 1 N–H and O–H groups in total. The molecule has 7 heteroatoms. The molecule has 134 valence electrons. The predicted octanol–water partition coefficient (Wildman–Crippen LogP) is 3.29. The first-order chi connectivity index (χ1) is 12.2. The van der Waals surface area contributed by atoms with Crippen LogP contribution in [0.4, 0.5) is 5.95 Å². The van der Waals surface area contributed by atoms with Gasteiger partial charge < -0.3 is 0 Å². The number of rotatable bonds is 6. The van der Waals surface area contributed by atoms with Crippen molar-refractivity contribution in [3.8, 4) is 0 Å². The Morgan fingerprint density at radius 2 is 2.28 bits per heavy atom. The summed E-state index contributed by atoms with van der Waals surface area (Å²) in [6, 6.07) is 8.00. The lowest BCUT2D eigenvalue weighted by Gasteiger charge is -2.34. The monoisotopic (exact) mass is 405 g/mol. The van der Waals surface area contributed by atoms with Gasteiger partial charge in [0.15, 0.2) is 0 Å². The Morgan fingerprint density at radius 3 is 3.08 bits per heavy atom. The zero-order valence-corrected chi connectivity index (χ0v) is 16.1. The van der Waals surface area contributed by atoms with Crippen molar-refractivity contribution in [2.24, 2.45) is 0 Å². The molecule has 1 aromatic heterocycles. The van der Waals surface area contributed by atoms with Gasteiger partial charge in [0, 0.05) is 4.47 Å². The summed E-state index contributed by atoms with van der Waals surface area (Å²) in [5, 5.41) is 7.27. The fourth-order valence-electron chi connectivity index (χ4n) is 3.29. The number of halogens is 1. The number of benzene rings is 1. The molecule has 0 radical (unpaired) electrons. The van der Waals surface area contributed by atoms with Crippen LogP contribution in [-0.2, 0) is 11.3 Å². The van der Waals surface area contributed by atoms with Gasteiger partial charge in [0.05, 0.1) is 12.6 Å². The summed E-state index contributed by atoms with van der Waals surface area (Å²) >= 11 is 3.47. The molecule has 3 rings (SSSR count). The van der Waals surface area contributed by atoms with E-state index in [0.717, 1.165) is 42.4 Å². The van der Waals surface area contributed by atoms with Crippen LogP contribution in [0.25, 0.3) is 0 Å². The van der Waals surface area contributed by atoms with Gasteiger partial charge >= 0.3 is 0 Å². The van der Waals surface area contributed by atoms with E-state index in [1.165, 1.54) is 6.42 Å². The van der Waals surface area contributed by atoms with Crippen LogP contribution < -0.4 is 5.32 Å². The minimum Gasteiger partial charge on any atom is -0.292 e. The fourth-order valence-corrected chi connectivity index (χ4v) is 3.73. The van der Waals surface area contributed by atoms with E-state index >= 15 is 0 Å². The molecule has 1 aliphatic rings. The molecule has 1 fully saturated rings. The van der Waals surface area contributed by atoms with Gasteiger partial charge in [0.1, 0.15) is 6.33 Å². The first-order valence-corrected chi connectivity index (χ1v) is 9.64. The van der Waals surface area contributed by atoms with E-state index in [2.05, 4.69) is 43.2 Å². The topological polar surface area (TPSA) is 63.1 Å². The van der Waals surface area contributed by atoms with Gasteiger partial charge in [-0.05, 0) is 50.0 Å². The molecule has 2 aromatic rings. The minimum atomic E-state index is -0.0641. The number of carbonyl (C=O) groups is 1. The van der Waals surface area contributed by atoms with Crippen LogP contribution >= 0.6 is 15.9 Å². The summed E-state index contributed by atoms with van der Waals surface area (Å²) in [7, 11) is 0. The molecule has 1 aromatic carbocycles. The van der Waals surface area contributed by atoms with Crippen LogP contribution in [0.1, 0.15) is 38.2 Å². The number of anilines is 1. The van der Waals surface area contributed by atoms with E-state index in [9.17, 15) is 4.79 Å². The Labute approximate surface area is 156 Å². The van der Waals surface area contributed by atoms with Gasteiger partial charge in [-0.2, -0.15) is 0 Å². The summed E-state index contributed by atoms with van der Waals surface area (Å²) in [6.07, 6.45) is 5.89. The van der Waals surface area contributed by atoms with Gasteiger partial charge in [0.2, 0.25) is 11.9 Å². The molecule has 1 saturated heterocycles. The zero-order valence-electron chi connectivity index (χ0n) is 14.5. The Balaban J connectivity index is 1.61. The van der Waals surface area contributed by atoms with E-state index in [1.807, 2.05) is 24.3 Å². The number of amides is 1. The molecule has 6 nitrogen and oxygen atoms in total. The fraction of sp³-hybridized carbons (Fsp3) is 0.500. The number of likely N-dealkylation sites (tertiary alicyclic amines) is 1. The van der Waals surface area contributed by atoms with E-state index < -0.39 is 0 Å². The van der Waals surface area contributed by atoms with Crippen molar-refractivity contribution in [1.29, 1.82) is 0 Å². The number of hydrogen-bond acceptors (Lipinski definition) is 4. The predicted molar refractivity (Wildman–Crippen MR) is 101 cm³/mol. The molecular weight excluding hydrogens is 382 g/mol. The van der Waals surface area contributed by atoms with Gasteiger partial charge in [-0.25, -0.2) is 9.67 Å². The molecule has 0 spiro atoms. The second-order valence-corrected chi connectivity index (χ2v) is 7.35. The quantitative estimate of drug-likeness (QED) is 0.800. The largest absolute Gasteiger partial charge is 0.292 e. The lowest BCUT2D eigenvalue weighted by atomic mass is 10.0. The highest BCUT2D eigenvalue weighted by molar-refractivity contribution is 9.10. The SMILES string of the molecule is CCCN1CCCCC1C(=O)Nc1ncn(Cc2cccc(Br)c2)n1. The Kier molecular flexibility index (Phi) is 6.20. The molecule has 0 saturated carbocycles. The second-order valence-electron chi connectivity index (χ2n) is 6.43. The number of nitrogens with zero attached hydrogens (tertiary/aromatic N) is 4. The molecular formula is C18H24BrN5O. The molecule has 2 heterocycles. The van der Waals surface area contributed by atoms with Crippen molar-refractivity contribution in [3.05, 3.63) is 40.6 Å². The molecule has 0 aliphatic carbocycles. The van der Waals surface area contributed by atoms with E-state index in [0.29, 0.717) is 12.5 Å². The maximum absolute atomic E-state index is 12.6. The molecule has 1 amide bonds. The zero-order chi connectivity index (χ0) is 17.6. The third-order valence-electron chi connectivity index (χ3n) is 4.43. The smallest absolute Gasteiger partial charge is 0.248 e. The van der Waals surface area contributed by atoms with E-state index in [-0.39, 0.29) is 11.9 Å². The molecule has 1 atom stereocenters. The summed E-state index contributed by atoms with van der Waals surface area (Å²) < 4.78 is 2.77. The second kappa shape index (κ2) is 8.58. The third-order valence-corrected chi connectivity index (χ3v) is 4.93. The van der Waals surface area contributed by atoms with E-state index in [4.69, 9.17) is 0 Å². The van der Waals surface area contributed by atoms with Crippen LogP contribution in [0.5, 0.6) is 0 Å². The molecule has 25 heavy (non-hydrogen) atoms. The summed E-state index contributed by atoms with van der Waals surface area (Å²) in [5.41, 5.74) is 1.12. The lowest BCUT2D eigenvalue weighted by Crippen LogP contribution is -2.47. The number of hydrogen-bond donors (Lipinski definition) is 1. The summed E-state index contributed by atoms with van der Waals surface area (Å²) in [4.78, 5) is 19.1. The van der Waals surface area contributed by atoms with Crippen LogP contribution in [0.15, 0.2) is 35.1 Å². The Morgan fingerprint density at radius 1 is 1.40 bits per heavy atom. The minimum absolute atomic E-state index is 0.00774. The van der Waals surface area contributed by atoms with Gasteiger partial charge in [0.25, 0.3) is 0 Å². The average Bonchev–Trinajstić information content (AvgIpc) is 3.02. The maximum atomic E-state index is 12.6. The van der Waals surface area contributed by atoms with Crippen molar-refractivity contribution in [2.75, 3.05) is 18.4 Å². The number of aromatic nitrogens is 3. The average molecular weight is 406 g/mol. The molecule has 0 bridgehead atoms. The summed E-state index contributed by atoms with van der Waals surface area (Å²) in [6.45, 7) is 4.72. The first-order valence-electron chi connectivity index (χ1n) is 8.84. The standard InChI is InChI=1S/C18H24BrN5O/c1-2-9-23-10-4-3-8-16(23)17(25)21-18-20-13-24(22-18)12-14-6-5-7-15(19)11-14/h5-7,11,13,16H,2-4,8-10,12H2,1H3,(H,21,22,25). The summed E-state index contributed by atoms with van der Waals surface area (Å²) in [5.74, 6) is 0.385. The van der Waals surface area contributed by atoms with Crippen LogP contribution in [0, 0.1) is 0 Å². The van der Waals surface area contributed by atoms with E-state index in [1.54, 1.807) is 11.0 Å². The van der Waals surface area contributed by atoms with Crippen molar-refractivity contribution >= 4 is 27.8 Å². The molecule has 1 aliphatic heterocycles. The maximum Gasteiger partial charge on any atom is 0.248 e. The van der Waals surface area contributed by atoms with Crippen molar-refractivity contribution in [2.45, 2.75) is 45.2 Å². The van der Waals surface area contributed by atoms with Crippen molar-refractivity contribution in [3.63, 3.8) is 0 Å². The van der Waals surface area contributed by atoms with Crippen molar-refractivity contribution in [1.82, 2.24) is 19.7 Å². The highest BCUT2D eigenvalue weighted by atomic mass is 79.9. The number of carbonyl (C=O) groups excluding carboxylic acids is 1. The number of nitrogens with one attached hydrogen (secondary N) is 1. The Bertz CT molecular complexity index is 715. The van der Waals surface area contributed by atoms with Gasteiger partial charge in [-0.1, -0.05) is 41.4 Å². The van der Waals surface area contributed by atoms with Gasteiger partial charge in [-0.15, -0.1) is 5.10 Å².